The van der Waals surface area contributed by atoms with Crippen molar-refractivity contribution in [2.75, 3.05) is 14.1 Å². The van der Waals surface area contributed by atoms with Gasteiger partial charge in [-0.2, -0.15) is 0 Å². The Kier molecular flexibility index (Phi) is 4.49. The van der Waals surface area contributed by atoms with Crippen molar-refractivity contribution < 1.29 is 0 Å². The summed E-state index contributed by atoms with van der Waals surface area (Å²) in [6.45, 7) is 7.69. The van der Waals surface area contributed by atoms with Crippen LogP contribution in [0.25, 0.3) is 32.7 Å². The Hall–Kier alpha value is -2.64. The predicted octanol–water partition coefficient (Wildman–Crippen LogP) is 6.65. The summed E-state index contributed by atoms with van der Waals surface area (Å²) in [4.78, 5) is 2.25. The molecule has 0 saturated heterocycles. The van der Waals surface area contributed by atoms with Crippen LogP contribution in [-0.4, -0.2) is 19.0 Å². The SMILES string of the molecule is Cc1cc2cc3ccccc3cc2c(-c2c(C)cccc2CN(C)C)c1C. The van der Waals surface area contributed by atoms with Gasteiger partial charge in [-0.05, 0) is 102 Å². The Morgan fingerprint density at radius 2 is 1.37 bits per heavy atom. The first-order valence-corrected chi connectivity index (χ1v) is 9.62. The Morgan fingerprint density at radius 1 is 0.667 bits per heavy atom. The van der Waals surface area contributed by atoms with Crippen molar-refractivity contribution in [3.63, 3.8) is 0 Å². The molecule has 0 aliphatic rings. The van der Waals surface area contributed by atoms with Gasteiger partial charge in [-0.1, -0.05) is 48.5 Å². The maximum absolute atomic E-state index is 2.37. The third-order valence-corrected chi connectivity index (χ3v) is 5.62. The highest BCUT2D eigenvalue weighted by Gasteiger charge is 2.16. The molecule has 0 spiro atoms. The molecule has 0 saturated carbocycles. The molecule has 0 aliphatic heterocycles. The third kappa shape index (κ3) is 3.13. The number of aryl methyl sites for hydroxylation is 2. The van der Waals surface area contributed by atoms with Gasteiger partial charge in [0.2, 0.25) is 0 Å². The van der Waals surface area contributed by atoms with Crippen LogP contribution in [0.15, 0.2) is 60.7 Å². The van der Waals surface area contributed by atoms with E-state index in [9.17, 15) is 0 Å². The van der Waals surface area contributed by atoms with Gasteiger partial charge in [-0.15, -0.1) is 0 Å². The lowest BCUT2D eigenvalue weighted by Crippen LogP contribution is -2.12. The minimum atomic E-state index is 0.944. The van der Waals surface area contributed by atoms with Crippen molar-refractivity contribution in [2.45, 2.75) is 27.3 Å². The molecule has 4 aromatic carbocycles. The van der Waals surface area contributed by atoms with E-state index in [0.717, 1.165) is 6.54 Å². The van der Waals surface area contributed by atoms with Gasteiger partial charge in [0.05, 0.1) is 0 Å². The molecular formula is C26H27N. The van der Waals surface area contributed by atoms with Crippen LogP contribution in [0.3, 0.4) is 0 Å². The minimum absolute atomic E-state index is 0.944. The van der Waals surface area contributed by atoms with Crippen molar-refractivity contribution in [3.8, 4) is 11.1 Å². The first-order valence-electron chi connectivity index (χ1n) is 9.62. The maximum atomic E-state index is 2.37. The summed E-state index contributed by atoms with van der Waals surface area (Å²) < 4.78 is 0. The van der Waals surface area contributed by atoms with Crippen LogP contribution in [0.4, 0.5) is 0 Å². The van der Waals surface area contributed by atoms with Crippen LogP contribution >= 0.6 is 0 Å². The Bertz CT molecular complexity index is 1150. The lowest BCUT2D eigenvalue weighted by molar-refractivity contribution is 0.403. The number of hydrogen-bond acceptors (Lipinski definition) is 1. The Labute approximate surface area is 162 Å². The zero-order chi connectivity index (χ0) is 19.1. The van der Waals surface area contributed by atoms with Crippen molar-refractivity contribution in [1.29, 1.82) is 0 Å². The molecule has 0 unspecified atom stereocenters. The normalized spacial score (nSPS) is 11.6. The molecule has 0 fully saturated rings. The second-order valence-electron chi connectivity index (χ2n) is 7.96. The van der Waals surface area contributed by atoms with E-state index in [4.69, 9.17) is 0 Å². The standard InChI is InChI=1S/C26H27N/c1-17-9-8-12-22(16-27(4)5)25(17)26-19(3)18(2)13-23-14-20-10-6-7-11-21(20)15-24(23)26/h6-15H,16H2,1-5H3. The molecule has 1 heteroatoms. The van der Waals surface area contributed by atoms with Gasteiger partial charge in [0.15, 0.2) is 0 Å². The van der Waals surface area contributed by atoms with E-state index < -0.39 is 0 Å². The van der Waals surface area contributed by atoms with Gasteiger partial charge < -0.3 is 4.90 Å². The topological polar surface area (TPSA) is 3.24 Å². The fraction of sp³-hybridized carbons (Fsp3) is 0.231. The highest BCUT2D eigenvalue weighted by atomic mass is 15.0. The smallest absolute Gasteiger partial charge is 0.0233 e. The molecule has 0 heterocycles. The number of fused-ring (bicyclic) bond motifs is 2. The van der Waals surface area contributed by atoms with Gasteiger partial charge >= 0.3 is 0 Å². The Morgan fingerprint density at radius 3 is 2.07 bits per heavy atom. The van der Waals surface area contributed by atoms with Crippen LogP contribution in [0.5, 0.6) is 0 Å². The van der Waals surface area contributed by atoms with Crippen LogP contribution in [-0.2, 0) is 6.54 Å². The molecule has 0 aliphatic carbocycles. The second-order valence-corrected chi connectivity index (χ2v) is 7.96. The second kappa shape index (κ2) is 6.83. The van der Waals surface area contributed by atoms with Gasteiger partial charge in [-0.3, -0.25) is 0 Å². The molecule has 0 atom stereocenters. The molecule has 1 nitrogen and oxygen atoms in total. The van der Waals surface area contributed by atoms with Gasteiger partial charge in [0.1, 0.15) is 0 Å². The summed E-state index contributed by atoms with van der Waals surface area (Å²) in [5.41, 5.74) is 8.26. The zero-order valence-electron chi connectivity index (χ0n) is 16.9. The number of benzene rings is 4. The molecule has 0 bridgehead atoms. The average Bonchev–Trinajstić information content (AvgIpc) is 2.62. The zero-order valence-corrected chi connectivity index (χ0v) is 16.9. The van der Waals surface area contributed by atoms with Gasteiger partial charge in [0, 0.05) is 6.54 Å². The monoisotopic (exact) mass is 353 g/mol. The molecule has 4 rings (SSSR count). The fourth-order valence-electron chi connectivity index (χ4n) is 4.22. The summed E-state index contributed by atoms with van der Waals surface area (Å²) in [7, 11) is 4.28. The molecule has 0 N–H and O–H groups in total. The number of rotatable bonds is 3. The molecule has 136 valence electrons. The largest absolute Gasteiger partial charge is 0.305 e. The fourth-order valence-corrected chi connectivity index (χ4v) is 4.22. The van der Waals surface area contributed by atoms with Crippen molar-refractivity contribution >= 4 is 21.5 Å². The Balaban J connectivity index is 2.13. The van der Waals surface area contributed by atoms with E-state index in [1.54, 1.807) is 0 Å². The quantitative estimate of drug-likeness (QED) is 0.373. The first-order chi connectivity index (χ1) is 13.0. The lowest BCUT2D eigenvalue weighted by atomic mass is 9.85. The van der Waals surface area contributed by atoms with Gasteiger partial charge in [0.25, 0.3) is 0 Å². The molecule has 4 aromatic rings. The lowest BCUT2D eigenvalue weighted by Gasteiger charge is -2.21. The van der Waals surface area contributed by atoms with E-state index in [0.29, 0.717) is 0 Å². The molecule has 0 radical (unpaired) electrons. The van der Waals surface area contributed by atoms with E-state index in [1.165, 1.54) is 54.9 Å². The summed E-state index contributed by atoms with van der Waals surface area (Å²) in [6, 6.07) is 22.4. The van der Waals surface area contributed by atoms with Crippen LogP contribution in [0, 0.1) is 20.8 Å². The van der Waals surface area contributed by atoms with Crippen LogP contribution in [0.1, 0.15) is 22.3 Å². The summed E-state index contributed by atoms with van der Waals surface area (Å²) >= 11 is 0. The van der Waals surface area contributed by atoms with E-state index in [-0.39, 0.29) is 0 Å². The highest BCUT2D eigenvalue weighted by molar-refractivity contribution is 6.07. The minimum Gasteiger partial charge on any atom is -0.305 e. The van der Waals surface area contributed by atoms with E-state index in [2.05, 4.69) is 100 Å². The van der Waals surface area contributed by atoms with E-state index >= 15 is 0 Å². The first kappa shape index (κ1) is 17.8. The van der Waals surface area contributed by atoms with Crippen molar-refractivity contribution in [3.05, 3.63) is 82.9 Å². The van der Waals surface area contributed by atoms with Crippen molar-refractivity contribution in [1.82, 2.24) is 4.90 Å². The molecular weight excluding hydrogens is 326 g/mol. The van der Waals surface area contributed by atoms with Gasteiger partial charge in [-0.25, -0.2) is 0 Å². The number of hydrogen-bond donors (Lipinski definition) is 0. The average molecular weight is 354 g/mol. The van der Waals surface area contributed by atoms with Crippen molar-refractivity contribution in [2.24, 2.45) is 0 Å². The highest BCUT2D eigenvalue weighted by Crippen LogP contribution is 2.39. The van der Waals surface area contributed by atoms with Crippen LogP contribution in [0.2, 0.25) is 0 Å². The molecule has 27 heavy (non-hydrogen) atoms. The number of nitrogens with zero attached hydrogens (tertiary/aromatic N) is 1. The maximum Gasteiger partial charge on any atom is 0.0233 e. The molecule has 0 amide bonds. The summed E-state index contributed by atoms with van der Waals surface area (Å²) in [5, 5.41) is 5.28. The predicted molar refractivity (Wildman–Crippen MR) is 118 cm³/mol. The summed E-state index contributed by atoms with van der Waals surface area (Å²) in [6.07, 6.45) is 0. The summed E-state index contributed by atoms with van der Waals surface area (Å²) in [5.74, 6) is 0. The van der Waals surface area contributed by atoms with E-state index in [1.807, 2.05) is 0 Å². The third-order valence-electron chi connectivity index (χ3n) is 5.62. The molecule has 0 aromatic heterocycles. The van der Waals surface area contributed by atoms with Crippen LogP contribution < -0.4 is 0 Å².